The summed E-state index contributed by atoms with van der Waals surface area (Å²) in [7, 11) is 0. The van der Waals surface area contributed by atoms with Crippen molar-refractivity contribution in [1.29, 1.82) is 0 Å². The second kappa shape index (κ2) is 5.55. The lowest BCUT2D eigenvalue weighted by Crippen LogP contribution is -2.18. The summed E-state index contributed by atoms with van der Waals surface area (Å²) in [5.74, 6) is -0.545. The molecule has 0 radical (unpaired) electrons. The van der Waals surface area contributed by atoms with Crippen LogP contribution in [0.4, 0.5) is 0 Å². The van der Waals surface area contributed by atoms with Gasteiger partial charge in [0.05, 0.1) is 17.4 Å². The molecule has 0 aliphatic rings. The van der Waals surface area contributed by atoms with E-state index in [4.69, 9.17) is 16.8 Å². The smallest absolute Gasteiger partial charge is 0.274 e. The van der Waals surface area contributed by atoms with Crippen molar-refractivity contribution in [2.75, 3.05) is 0 Å². The highest BCUT2D eigenvalue weighted by molar-refractivity contribution is 6.30. The summed E-state index contributed by atoms with van der Waals surface area (Å²) in [6.07, 6.45) is 1.72. The van der Waals surface area contributed by atoms with Crippen molar-refractivity contribution in [1.82, 2.24) is 15.0 Å². The summed E-state index contributed by atoms with van der Waals surface area (Å²) in [5, 5.41) is 9.40. The van der Waals surface area contributed by atoms with Gasteiger partial charge in [0.1, 0.15) is 0 Å². The number of imidazole rings is 1. The highest BCUT2D eigenvalue weighted by atomic mass is 35.5. The molecule has 5 nitrogen and oxygen atoms in total. The second-order valence-corrected chi connectivity index (χ2v) is 5.08. The molecule has 0 unspecified atom stereocenters. The highest BCUT2D eigenvalue weighted by Crippen LogP contribution is 2.17. The number of hydrogen-bond acceptors (Lipinski definition) is 3. The largest absolute Gasteiger partial charge is 0.326 e. The zero-order chi connectivity index (χ0) is 14.8. The van der Waals surface area contributed by atoms with Gasteiger partial charge in [-0.15, -0.1) is 0 Å². The van der Waals surface area contributed by atoms with Gasteiger partial charge in [-0.3, -0.25) is 10.0 Å². The number of amides is 1. The highest BCUT2D eigenvalue weighted by Gasteiger charge is 2.09. The molecule has 21 heavy (non-hydrogen) atoms. The van der Waals surface area contributed by atoms with E-state index >= 15 is 0 Å². The summed E-state index contributed by atoms with van der Waals surface area (Å²) >= 11 is 5.87. The number of benzene rings is 2. The first-order valence-electron chi connectivity index (χ1n) is 6.31. The number of carbonyl (C=O) groups is 1. The van der Waals surface area contributed by atoms with Gasteiger partial charge in [0, 0.05) is 17.1 Å². The molecule has 1 aromatic heterocycles. The van der Waals surface area contributed by atoms with Crippen molar-refractivity contribution < 1.29 is 10.0 Å². The van der Waals surface area contributed by atoms with E-state index in [2.05, 4.69) is 4.98 Å². The van der Waals surface area contributed by atoms with Crippen molar-refractivity contribution in [3.8, 4) is 0 Å². The van der Waals surface area contributed by atoms with Crippen LogP contribution in [0, 0.1) is 0 Å². The normalized spacial score (nSPS) is 10.8. The zero-order valence-corrected chi connectivity index (χ0v) is 11.7. The van der Waals surface area contributed by atoms with E-state index in [1.54, 1.807) is 30.0 Å². The molecular formula is C15H12ClN3O2. The Balaban J connectivity index is 1.98. The molecule has 0 fully saturated rings. The molecule has 0 aliphatic heterocycles. The average molecular weight is 302 g/mol. The van der Waals surface area contributed by atoms with E-state index in [0.29, 0.717) is 17.1 Å². The van der Waals surface area contributed by atoms with Crippen molar-refractivity contribution in [2.45, 2.75) is 6.54 Å². The van der Waals surface area contributed by atoms with E-state index in [1.165, 1.54) is 0 Å². The third-order valence-electron chi connectivity index (χ3n) is 3.25. The standard InChI is InChI=1S/C15H12ClN3O2/c16-12-4-1-10(2-5-12)8-19-9-17-13-6-3-11(7-14(13)19)15(20)18-21/h1-7,9,21H,8H2,(H,18,20). The van der Waals surface area contributed by atoms with E-state index in [0.717, 1.165) is 16.6 Å². The van der Waals surface area contributed by atoms with Gasteiger partial charge in [-0.2, -0.15) is 0 Å². The molecular weight excluding hydrogens is 290 g/mol. The van der Waals surface area contributed by atoms with Crippen LogP contribution in [0.3, 0.4) is 0 Å². The zero-order valence-electron chi connectivity index (χ0n) is 11.0. The predicted octanol–water partition coefficient (Wildman–Crippen LogP) is 2.86. The lowest BCUT2D eigenvalue weighted by atomic mass is 10.2. The number of nitrogens with zero attached hydrogens (tertiary/aromatic N) is 2. The van der Waals surface area contributed by atoms with E-state index in [1.807, 2.05) is 28.8 Å². The molecule has 0 aliphatic carbocycles. The van der Waals surface area contributed by atoms with Gasteiger partial charge >= 0.3 is 0 Å². The number of carbonyl (C=O) groups excluding carboxylic acids is 1. The molecule has 106 valence electrons. The van der Waals surface area contributed by atoms with Crippen molar-refractivity contribution in [3.63, 3.8) is 0 Å². The summed E-state index contributed by atoms with van der Waals surface area (Å²) in [5.41, 5.74) is 4.70. The fourth-order valence-corrected chi connectivity index (χ4v) is 2.30. The third-order valence-corrected chi connectivity index (χ3v) is 3.50. The molecule has 1 heterocycles. The first-order valence-corrected chi connectivity index (χ1v) is 6.69. The maximum absolute atomic E-state index is 11.5. The Bertz CT molecular complexity index is 796. The lowest BCUT2D eigenvalue weighted by molar-refractivity contribution is 0.0706. The van der Waals surface area contributed by atoms with Gasteiger partial charge in [-0.25, -0.2) is 10.5 Å². The molecule has 0 spiro atoms. The number of halogens is 1. The Morgan fingerprint density at radius 2 is 2.00 bits per heavy atom. The number of hydrogen-bond donors (Lipinski definition) is 2. The Morgan fingerprint density at radius 1 is 1.24 bits per heavy atom. The number of aromatic nitrogens is 2. The van der Waals surface area contributed by atoms with E-state index in [9.17, 15) is 4.79 Å². The van der Waals surface area contributed by atoms with Gasteiger partial charge in [0.2, 0.25) is 0 Å². The molecule has 1 amide bonds. The molecule has 3 aromatic rings. The van der Waals surface area contributed by atoms with Crippen LogP contribution in [0.2, 0.25) is 5.02 Å². The van der Waals surface area contributed by atoms with Gasteiger partial charge in [-0.05, 0) is 35.9 Å². The fourth-order valence-electron chi connectivity index (χ4n) is 2.18. The van der Waals surface area contributed by atoms with Crippen molar-refractivity contribution >= 4 is 28.5 Å². The quantitative estimate of drug-likeness (QED) is 0.577. The van der Waals surface area contributed by atoms with Crippen LogP contribution in [0.5, 0.6) is 0 Å². The maximum Gasteiger partial charge on any atom is 0.274 e. The summed E-state index contributed by atoms with van der Waals surface area (Å²) in [4.78, 5) is 15.8. The molecule has 2 N–H and O–H groups in total. The Kier molecular flexibility index (Phi) is 3.60. The van der Waals surface area contributed by atoms with Crippen molar-refractivity contribution in [2.24, 2.45) is 0 Å². The molecule has 2 aromatic carbocycles. The number of fused-ring (bicyclic) bond motifs is 1. The molecule has 0 bridgehead atoms. The van der Waals surface area contributed by atoms with Gasteiger partial charge in [0.25, 0.3) is 5.91 Å². The number of rotatable bonds is 3. The van der Waals surface area contributed by atoms with Gasteiger partial charge in [-0.1, -0.05) is 23.7 Å². The molecule has 0 atom stereocenters. The first-order chi connectivity index (χ1) is 10.2. The third kappa shape index (κ3) is 2.74. The maximum atomic E-state index is 11.5. The van der Waals surface area contributed by atoms with Crippen LogP contribution in [-0.2, 0) is 6.54 Å². The Labute approximate surface area is 125 Å². The van der Waals surface area contributed by atoms with Crippen molar-refractivity contribution in [3.05, 3.63) is 64.9 Å². The number of nitrogens with one attached hydrogen (secondary N) is 1. The summed E-state index contributed by atoms with van der Waals surface area (Å²) < 4.78 is 1.94. The van der Waals surface area contributed by atoms with Gasteiger partial charge in [0.15, 0.2) is 0 Å². The molecule has 0 saturated heterocycles. The fraction of sp³-hybridized carbons (Fsp3) is 0.0667. The molecule has 6 heteroatoms. The minimum Gasteiger partial charge on any atom is -0.326 e. The van der Waals surface area contributed by atoms with Gasteiger partial charge < -0.3 is 4.57 Å². The second-order valence-electron chi connectivity index (χ2n) is 4.64. The minimum absolute atomic E-state index is 0.378. The van der Waals surface area contributed by atoms with Crippen LogP contribution < -0.4 is 5.48 Å². The topological polar surface area (TPSA) is 67.2 Å². The Hall–Kier alpha value is -2.37. The van der Waals surface area contributed by atoms with E-state index in [-0.39, 0.29) is 0 Å². The summed E-state index contributed by atoms with van der Waals surface area (Å²) in [6.45, 7) is 0.623. The first kappa shape index (κ1) is 13.6. The minimum atomic E-state index is -0.545. The van der Waals surface area contributed by atoms with Crippen LogP contribution in [0.1, 0.15) is 15.9 Å². The molecule has 3 rings (SSSR count). The van der Waals surface area contributed by atoms with Crippen LogP contribution in [0.25, 0.3) is 11.0 Å². The van der Waals surface area contributed by atoms with Crippen LogP contribution in [0.15, 0.2) is 48.8 Å². The Morgan fingerprint density at radius 3 is 2.71 bits per heavy atom. The SMILES string of the molecule is O=C(NO)c1ccc2ncn(Cc3ccc(Cl)cc3)c2c1. The monoisotopic (exact) mass is 301 g/mol. The summed E-state index contributed by atoms with van der Waals surface area (Å²) in [6, 6.07) is 12.6. The lowest BCUT2D eigenvalue weighted by Gasteiger charge is -2.06. The number of hydroxylamine groups is 1. The van der Waals surface area contributed by atoms with Crippen LogP contribution in [-0.4, -0.2) is 20.7 Å². The predicted molar refractivity (Wildman–Crippen MR) is 79.5 cm³/mol. The molecule has 0 saturated carbocycles. The van der Waals surface area contributed by atoms with Crippen LogP contribution >= 0.6 is 11.6 Å². The average Bonchev–Trinajstić information content (AvgIpc) is 2.91. The van der Waals surface area contributed by atoms with E-state index < -0.39 is 5.91 Å².